The third kappa shape index (κ3) is 14.1. The van der Waals surface area contributed by atoms with Crippen LogP contribution in [0.5, 0.6) is 0 Å². The molecule has 0 spiro atoms. The summed E-state index contributed by atoms with van der Waals surface area (Å²) in [6.07, 6.45) is 22.0. The lowest BCUT2D eigenvalue weighted by Crippen LogP contribution is -2.46. The summed E-state index contributed by atoms with van der Waals surface area (Å²) < 4.78 is 5.34. The molecule has 2 rings (SSSR count). The number of nitrogens with zero attached hydrogens (tertiary/aromatic N) is 1. The van der Waals surface area contributed by atoms with Crippen LogP contribution in [0.15, 0.2) is 30.3 Å². The zero-order valence-electron chi connectivity index (χ0n) is 26.4. The van der Waals surface area contributed by atoms with Crippen molar-refractivity contribution in [2.24, 2.45) is 5.92 Å². The van der Waals surface area contributed by atoms with E-state index >= 15 is 0 Å². The number of ether oxygens (including phenoxy) is 1. The van der Waals surface area contributed by atoms with Crippen molar-refractivity contribution in [2.45, 2.75) is 142 Å². The third-order valence-electron chi connectivity index (χ3n) is 8.15. The van der Waals surface area contributed by atoms with E-state index in [0.29, 0.717) is 19.6 Å². The highest BCUT2D eigenvalue weighted by atomic mass is 16.6. The monoisotopic (exact) mass is 573 g/mol. The minimum absolute atomic E-state index is 0.0618. The van der Waals surface area contributed by atoms with Crippen LogP contribution in [0, 0.1) is 5.92 Å². The number of benzene rings is 1. The molecule has 234 valence electrons. The third-order valence-corrected chi connectivity index (χ3v) is 8.15. The summed E-state index contributed by atoms with van der Waals surface area (Å²) in [6.45, 7) is 8.24. The Bertz CT molecular complexity index is 819. The van der Waals surface area contributed by atoms with Gasteiger partial charge in [-0.3, -0.25) is 10.1 Å². The molecule has 2 N–H and O–H groups in total. The molecule has 1 aromatic rings. The fourth-order valence-corrected chi connectivity index (χ4v) is 5.49. The molecule has 2 amide bonds. The van der Waals surface area contributed by atoms with Crippen molar-refractivity contribution in [1.82, 2.24) is 15.7 Å². The maximum atomic E-state index is 12.6. The van der Waals surface area contributed by atoms with Crippen molar-refractivity contribution < 1.29 is 19.2 Å². The first-order valence-corrected chi connectivity index (χ1v) is 16.7. The molecule has 1 aliphatic rings. The highest BCUT2D eigenvalue weighted by Gasteiger charge is 2.65. The SMILES string of the molecule is CCCCCCCCCCCCCCCCCCNOCCCN1C(=O)C1(NC(=O)OCc1ccccc1)C(C)C. The standard InChI is InChI=1S/C34H59N3O4/c1-4-5-6-7-8-9-10-11-12-13-14-15-16-17-18-22-26-35-41-28-23-27-37-32(38)34(37,30(2)3)36-33(39)40-29-31-24-20-19-21-25-31/h19-21,24-25,30,35H,4-18,22-23,26-29H2,1-3H3,(H,36,39). The van der Waals surface area contributed by atoms with Gasteiger partial charge in [0.1, 0.15) is 6.61 Å². The van der Waals surface area contributed by atoms with Crippen molar-refractivity contribution in [1.29, 1.82) is 0 Å². The number of hydrogen-bond donors (Lipinski definition) is 2. The largest absolute Gasteiger partial charge is 0.445 e. The number of carbonyl (C=O) groups is 2. The lowest BCUT2D eigenvalue weighted by molar-refractivity contribution is -0.115. The lowest BCUT2D eigenvalue weighted by atomic mass is 10.0. The molecule has 7 nitrogen and oxygen atoms in total. The van der Waals surface area contributed by atoms with Gasteiger partial charge in [-0.1, -0.05) is 147 Å². The highest BCUT2D eigenvalue weighted by Crippen LogP contribution is 2.38. The zero-order valence-corrected chi connectivity index (χ0v) is 26.4. The molecule has 1 saturated heterocycles. The van der Waals surface area contributed by atoms with Crippen LogP contribution in [0.1, 0.15) is 135 Å². The number of alkyl carbamates (subject to hydrolysis) is 1. The number of nitrogens with one attached hydrogen (secondary N) is 2. The zero-order chi connectivity index (χ0) is 29.6. The molecular weight excluding hydrogens is 514 g/mol. The second-order valence-electron chi connectivity index (χ2n) is 12.0. The fraction of sp³-hybridized carbons (Fsp3) is 0.765. The molecule has 1 fully saturated rings. The van der Waals surface area contributed by atoms with Crippen LogP contribution in [0.25, 0.3) is 0 Å². The number of amides is 2. The smallest absolute Gasteiger partial charge is 0.409 e. The van der Waals surface area contributed by atoms with E-state index in [0.717, 1.165) is 18.5 Å². The van der Waals surface area contributed by atoms with Crippen LogP contribution in [-0.4, -0.2) is 42.3 Å². The van der Waals surface area contributed by atoms with Gasteiger partial charge < -0.3 is 14.5 Å². The van der Waals surface area contributed by atoms with Gasteiger partial charge in [-0.15, -0.1) is 0 Å². The first-order valence-electron chi connectivity index (χ1n) is 16.7. The molecule has 0 aromatic heterocycles. The fourth-order valence-electron chi connectivity index (χ4n) is 5.49. The van der Waals surface area contributed by atoms with Crippen LogP contribution >= 0.6 is 0 Å². The Morgan fingerprint density at radius 2 is 1.34 bits per heavy atom. The molecule has 0 saturated carbocycles. The van der Waals surface area contributed by atoms with Gasteiger partial charge in [0.15, 0.2) is 0 Å². The maximum absolute atomic E-state index is 12.6. The van der Waals surface area contributed by atoms with Gasteiger partial charge in [0.2, 0.25) is 5.66 Å². The van der Waals surface area contributed by atoms with Gasteiger partial charge in [0.05, 0.1) is 6.61 Å². The molecule has 1 aromatic carbocycles. The van der Waals surface area contributed by atoms with Crippen LogP contribution < -0.4 is 10.8 Å². The van der Waals surface area contributed by atoms with Crippen LogP contribution in [-0.2, 0) is 21.0 Å². The molecule has 0 radical (unpaired) electrons. The molecular formula is C34H59N3O4. The number of rotatable bonds is 26. The topological polar surface area (TPSA) is 79.7 Å². The Balaban J connectivity index is 1.38. The minimum Gasteiger partial charge on any atom is -0.445 e. The maximum Gasteiger partial charge on any atom is 0.409 e. The van der Waals surface area contributed by atoms with Crippen molar-refractivity contribution in [2.75, 3.05) is 19.7 Å². The van der Waals surface area contributed by atoms with Gasteiger partial charge in [-0.25, -0.2) is 10.3 Å². The van der Waals surface area contributed by atoms with Crippen LogP contribution in [0.4, 0.5) is 4.79 Å². The Morgan fingerprint density at radius 1 is 0.805 bits per heavy atom. The van der Waals surface area contributed by atoms with Gasteiger partial charge in [-0.05, 0) is 18.4 Å². The van der Waals surface area contributed by atoms with Crippen LogP contribution in [0.3, 0.4) is 0 Å². The Labute approximate surface area is 250 Å². The lowest BCUT2D eigenvalue weighted by Gasteiger charge is -2.21. The molecule has 1 unspecified atom stereocenters. The van der Waals surface area contributed by atoms with E-state index in [1.54, 1.807) is 4.90 Å². The van der Waals surface area contributed by atoms with E-state index in [4.69, 9.17) is 9.57 Å². The van der Waals surface area contributed by atoms with E-state index in [1.165, 1.54) is 96.3 Å². The summed E-state index contributed by atoms with van der Waals surface area (Å²) in [5.41, 5.74) is 2.98. The first-order chi connectivity index (χ1) is 20.0. The number of hydroxylamine groups is 1. The molecule has 41 heavy (non-hydrogen) atoms. The number of hydrogen-bond acceptors (Lipinski definition) is 5. The second kappa shape index (κ2) is 21.6. The van der Waals surface area contributed by atoms with Gasteiger partial charge in [0.25, 0.3) is 5.91 Å². The van der Waals surface area contributed by atoms with Gasteiger partial charge in [0, 0.05) is 19.0 Å². The van der Waals surface area contributed by atoms with Crippen molar-refractivity contribution >= 4 is 12.0 Å². The summed E-state index contributed by atoms with van der Waals surface area (Å²) in [7, 11) is 0. The predicted octanol–water partition coefficient (Wildman–Crippen LogP) is 8.28. The van der Waals surface area contributed by atoms with E-state index < -0.39 is 11.8 Å². The summed E-state index contributed by atoms with van der Waals surface area (Å²) in [5.74, 6) is -0.126. The number of unbranched alkanes of at least 4 members (excludes halogenated alkanes) is 15. The average molecular weight is 574 g/mol. The molecule has 1 heterocycles. The summed E-state index contributed by atoms with van der Waals surface area (Å²) in [5, 5.41) is 2.81. The normalized spacial score (nSPS) is 16.4. The van der Waals surface area contributed by atoms with E-state index in [9.17, 15) is 9.59 Å². The van der Waals surface area contributed by atoms with Crippen molar-refractivity contribution in [3.8, 4) is 0 Å². The van der Waals surface area contributed by atoms with Gasteiger partial charge >= 0.3 is 6.09 Å². The number of carbonyl (C=O) groups excluding carboxylic acids is 2. The minimum atomic E-state index is -0.977. The van der Waals surface area contributed by atoms with E-state index in [2.05, 4.69) is 17.7 Å². The summed E-state index contributed by atoms with van der Waals surface area (Å²) >= 11 is 0. The quantitative estimate of drug-likeness (QED) is 0.0662. The highest BCUT2D eigenvalue weighted by molar-refractivity contribution is 6.04. The molecule has 0 bridgehead atoms. The summed E-state index contributed by atoms with van der Waals surface area (Å²) in [6, 6.07) is 9.51. The predicted molar refractivity (Wildman–Crippen MR) is 167 cm³/mol. The Kier molecular flexibility index (Phi) is 18.4. The van der Waals surface area contributed by atoms with Crippen LogP contribution in [0.2, 0.25) is 0 Å². The first kappa shape index (κ1) is 35.1. The van der Waals surface area contributed by atoms with Crippen molar-refractivity contribution in [3.05, 3.63) is 35.9 Å². The van der Waals surface area contributed by atoms with Gasteiger partial charge in [-0.2, -0.15) is 0 Å². The molecule has 1 aliphatic heterocycles. The molecule has 0 aliphatic carbocycles. The average Bonchev–Trinajstić information content (AvgIpc) is 3.55. The van der Waals surface area contributed by atoms with E-state index in [1.807, 2.05) is 44.2 Å². The Hall–Kier alpha value is -2.12. The Morgan fingerprint density at radius 3 is 1.88 bits per heavy atom. The second-order valence-corrected chi connectivity index (χ2v) is 12.0. The van der Waals surface area contributed by atoms with Crippen molar-refractivity contribution in [3.63, 3.8) is 0 Å². The molecule has 7 heteroatoms. The summed E-state index contributed by atoms with van der Waals surface area (Å²) in [4.78, 5) is 32.3. The molecule has 1 atom stereocenters. The van der Waals surface area contributed by atoms with E-state index in [-0.39, 0.29) is 18.4 Å².